The minimum Gasteiger partial charge on any atom is -0.493 e. The monoisotopic (exact) mass is 531 g/mol. The van der Waals surface area contributed by atoms with Gasteiger partial charge in [0.15, 0.2) is 5.78 Å². The van der Waals surface area contributed by atoms with E-state index in [1.54, 1.807) is 19.2 Å². The molecule has 4 rings (SSSR count). The Kier molecular flexibility index (Phi) is 9.03. The number of carbonyl (C=O) groups is 1. The van der Waals surface area contributed by atoms with E-state index in [0.29, 0.717) is 23.7 Å². The molecule has 9 nitrogen and oxygen atoms in total. The molecule has 0 atom stereocenters. The van der Waals surface area contributed by atoms with Gasteiger partial charge in [0.05, 0.1) is 12.2 Å². The maximum atomic E-state index is 12.9. The van der Waals surface area contributed by atoms with Gasteiger partial charge in [-0.25, -0.2) is 4.79 Å². The van der Waals surface area contributed by atoms with Crippen molar-refractivity contribution in [3.8, 4) is 5.75 Å². The predicted octanol–water partition coefficient (Wildman–Crippen LogP) is 2.64. The van der Waals surface area contributed by atoms with Gasteiger partial charge < -0.3 is 14.5 Å². The summed E-state index contributed by atoms with van der Waals surface area (Å²) in [6, 6.07) is 16.9. The Labute approximate surface area is 229 Å². The van der Waals surface area contributed by atoms with Crippen LogP contribution in [0.3, 0.4) is 0 Å². The molecule has 0 unspecified atom stereocenters. The second-order valence-corrected chi connectivity index (χ2v) is 9.95. The first-order valence-electron chi connectivity index (χ1n) is 13.2. The summed E-state index contributed by atoms with van der Waals surface area (Å²) < 4.78 is 8.66. The molecule has 206 valence electrons. The summed E-state index contributed by atoms with van der Waals surface area (Å²) in [6.45, 7) is 4.51. The summed E-state index contributed by atoms with van der Waals surface area (Å²) >= 11 is 0. The van der Waals surface area contributed by atoms with Crippen LogP contribution < -0.4 is 25.8 Å². The molecule has 1 aromatic heterocycles. The van der Waals surface area contributed by atoms with Crippen LogP contribution in [0.5, 0.6) is 5.75 Å². The molecule has 0 amide bonds. The van der Waals surface area contributed by atoms with Crippen molar-refractivity contribution in [2.24, 2.45) is 14.1 Å². The van der Waals surface area contributed by atoms with Gasteiger partial charge in [-0.3, -0.25) is 23.6 Å². The van der Waals surface area contributed by atoms with E-state index in [9.17, 15) is 14.4 Å². The van der Waals surface area contributed by atoms with Crippen molar-refractivity contribution in [2.45, 2.75) is 6.42 Å². The first-order valence-corrected chi connectivity index (χ1v) is 13.2. The largest absolute Gasteiger partial charge is 0.493 e. The smallest absolute Gasteiger partial charge is 0.332 e. The van der Waals surface area contributed by atoms with E-state index >= 15 is 0 Å². The van der Waals surface area contributed by atoms with Gasteiger partial charge in [0, 0.05) is 72.7 Å². The Morgan fingerprint density at radius 2 is 1.64 bits per heavy atom. The normalized spacial score (nSPS) is 14.1. The predicted molar refractivity (Wildman–Crippen MR) is 156 cm³/mol. The van der Waals surface area contributed by atoms with Gasteiger partial charge in [0.25, 0.3) is 5.56 Å². The van der Waals surface area contributed by atoms with E-state index in [1.165, 1.54) is 17.7 Å². The van der Waals surface area contributed by atoms with Crippen LogP contribution in [0.2, 0.25) is 0 Å². The van der Waals surface area contributed by atoms with Gasteiger partial charge in [0.1, 0.15) is 11.6 Å². The molecule has 0 radical (unpaired) electrons. The third-order valence-electron chi connectivity index (χ3n) is 7.06. The van der Waals surface area contributed by atoms with Crippen molar-refractivity contribution in [1.82, 2.24) is 14.0 Å². The topological polar surface area (TPSA) is 80.0 Å². The zero-order chi connectivity index (χ0) is 27.9. The molecule has 0 saturated carbocycles. The lowest BCUT2D eigenvalue weighted by molar-refractivity contribution is 0.104. The molecule has 9 heteroatoms. The maximum absolute atomic E-state index is 12.9. The number of anilines is 2. The van der Waals surface area contributed by atoms with Crippen LogP contribution >= 0.6 is 0 Å². The molecule has 1 saturated heterocycles. The summed E-state index contributed by atoms with van der Waals surface area (Å²) in [5.74, 6) is 1.15. The van der Waals surface area contributed by atoms with Crippen molar-refractivity contribution in [3.05, 3.63) is 92.6 Å². The first kappa shape index (κ1) is 27.9. The van der Waals surface area contributed by atoms with E-state index < -0.39 is 0 Å². The second kappa shape index (κ2) is 12.6. The fourth-order valence-corrected chi connectivity index (χ4v) is 4.64. The van der Waals surface area contributed by atoms with Crippen LogP contribution in [0, 0.1) is 0 Å². The van der Waals surface area contributed by atoms with Gasteiger partial charge in [-0.05, 0) is 42.3 Å². The summed E-state index contributed by atoms with van der Waals surface area (Å²) in [4.78, 5) is 43.7. The highest BCUT2D eigenvalue weighted by Gasteiger charge is 2.20. The number of benzene rings is 2. The van der Waals surface area contributed by atoms with Crippen molar-refractivity contribution in [3.63, 3.8) is 0 Å². The van der Waals surface area contributed by atoms with Gasteiger partial charge in [-0.1, -0.05) is 30.3 Å². The zero-order valence-electron chi connectivity index (χ0n) is 23.2. The summed E-state index contributed by atoms with van der Waals surface area (Å²) in [5, 5.41) is 0. The number of rotatable bonds is 10. The quantitative estimate of drug-likeness (QED) is 0.226. The molecule has 1 aliphatic heterocycles. The molecular weight excluding hydrogens is 494 g/mol. The Morgan fingerprint density at radius 3 is 2.33 bits per heavy atom. The van der Waals surface area contributed by atoms with Crippen LogP contribution in [0.1, 0.15) is 22.3 Å². The zero-order valence-corrected chi connectivity index (χ0v) is 23.2. The molecular formula is C30H37N5O4. The number of carbonyl (C=O) groups excluding carboxylic acids is 1. The summed E-state index contributed by atoms with van der Waals surface area (Å²) in [5.41, 5.74) is 2.01. The van der Waals surface area contributed by atoms with Gasteiger partial charge in [0.2, 0.25) is 0 Å². The first-order chi connectivity index (χ1) is 18.7. The molecule has 1 aliphatic rings. The van der Waals surface area contributed by atoms with E-state index in [-0.39, 0.29) is 17.0 Å². The molecule has 3 aromatic rings. The van der Waals surface area contributed by atoms with E-state index in [4.69, 9.17) is 4.74 Å². The average molecular weight is 532 g/mol. The lowest BCUT2D eigenvalue weighted by atomic mass is 10.1. The molecule has 2 heterocycles. The van der Waals surface area contributed by atoms with E-state index in [1.807, 2.05) is 67.5 Å². The van der Waals surface area contributed by atoms with Crippen LogP contribution in [-0.2, 0) is 14.1 Å². The summed E-state index contributed by atoms with van der Waals surface area (Å²) in [6.07, 6.45) is 4.23. The fourth-order valence-electron chi connectivity index (χ4n) is 4.64. The van der Waals surface area contributed by atoms with Crippen LogP contribution in [-0.4, -0.2) is 73.2 Å². The lowest BCUT2D eigenvalue weighted by Crippen LogP contribution is -2.49. The highest BCUT2D eigenvalue weighted by atomic mass is 16.5. The van der Waals surface area contributed by atoms with Crippen LogP contribution in [0.4, 0.5) is 11.5 Å². The van der Waals surface area contributed by atoms with Crippen molar-refractivity contribution in [1.29, 1.82) is 0 Å². The Bertz CT molecular complexity index is 1430. The molecule has 2 aromatic carbocycles. The molecule has 0 bridgehead atoms. The molecule has 39 heavy (non-hydrogen) atoms. The van der Waals surface area contributed by atoms with Gasteiger partial charge in [-0.15, -0.1) is 0 Å². The fraction of sp³-hybridized carbons (Fsp3) is 0.367. The molecule has 0 spiro atoms. The standard InChI is InChI=1S/C30H37N5O4/c1-31(2)24-13-10-23(11-14-24)12-15-26(36)25-8-5-6-9-27(25)39-21-7-16-34-17-19-35(20-18-34)28-22-29(37)33(4)30(38)32(28)3/h5-6,8-15,22H,7,16-21H2,1-4H3. The van der Waals surface area contributed by atoms with E-state index in [2.05, 4.69) is 9.80 Å². The van der Waals surface area contributed by atoms with Gasteiger partial charge in [-0.2, -0.15) is 0 Å². The number of hydrogen-bond donors (Lipinski definition) is 0. The number of nitrogens with zero attached hydrogens (tertiary/aromatic N) is 5. The minimum atomic E-state index is -0.315. The minimum absolute atomic E-state index is 0.0939. The summed E-state index contributed by atoms with van der Waals surface area (Å²) in [7, 11) is 7.17. The highest BCUT2D eigenvalue weighted by molar-refractivity contribution is 6.08. The number of ether oxygens (including phenoxy) is 1. The molecule has 0 N–H and O–H groups in total. The van der Waals surface area contributed by atoms with Crippen molar-refractivity contribution >= 4 is 23.4 Å². The number of aromatic nitrogens is 2. The Balaban J connectivity index is 1.26. The SMILES string of the molecule is CN(C)c1ccc(C=CC(=O)c2ccccc2OCCCN2CCN(c3cc(=O)n(C)c(=O)n3C)CC2)cc1. The second-order valence-electron chi connectivity index (χ2n) is 9.95. The number of ketones is 1. The highest BCUT2D eigenvalue weighted by Crippen LogP contribution is 2.20. The average Bonchev–Trinajstić information content (AvgIpc) is 2.95. The third kappa shape index (κ3) is 6.86. The van der Waals surface area contributed by atoms with Crippen LogP contribution in [0.15, 0.2) is 70.3 Å². The van der Waals surface area contributed by atoms with Gasteiger partial charge >= 0.3 is 5.69 Å². The number of hydrogen-bond acceptors (Lipinski definition) is 7. The maximum Gasteiger partial charge on any atom is 0.332 e. The van der Waals surface area contributed by atoms with E-state index in [0.717, 1.165) is 55.0 Å². The van der Waals surface area contributed by atoms with Crippen LogP contribution in [0.25, 0.3) is 6.08 Å². The van der Waals surface area contributed by atoms with Crippen molar-refractivity contribution in [2.75, 3.05) is 63.2 Å². The Hall–Kier alpha value is -4.11. The number of piperazine rings is 1. The lowest BCUT2D eigenvalue weighted by Gasteiger charge is -2.36. The third-order valence-corrected chi connectivity index (χ3v) is 7.06. The number of para-hydroxylation sites is 1. The Morgan fingerprint density at radius 1 is 0.949 bits per heavy atom. The molecule has 0 aliphatic carbocycles. The van der Waals surface area contributed by atoms with Crippen molar-refractivity contribution < 1.29 is 9.53 Å². The number of allylic oxidation sites excluding steroid dienone is 1. The molecule has 1 fully saturated rings.